The van der Waals surface area contributed by atoms with Crippen LogP contribution >= 0.6 is 0 Å². The van der Waals surface area contributed by atoms with Crippen molar-refractivity contribution in [2.45, 2.75) is 45.1 Å². The SMILES string of the molecule is CCOc1ccc(NC(=O)Nc2ccc3c(c2)C(=O)N(C2CCCCC2)C3=O)cc1. The first kappa shape index (κ1) is 19.9. The van der Waals surface area contributed by atoms with Crippen LogP contribution in [0.4, 0.5) is 16.2 Å². The Kier molecular flexibility index (Phi) is 5.70. The van der Waals surface area contributed by atoms with Gasteiger partial charge in [-0.3, -0.25) is 14.5 Å². The fraction of sp³-hybridized carbons (Fsp3) is 0.348. The average Bonchev–Trinajstić information content (AvgIpc) is 3.00. The standard InChI is InChI=1S/C23H25N3O4/c1-2-30-18-11-8-15(9-12-18)24-23(29)25-16-10-13-19-20(14-16)22(28)26(21(19)27)17-6-4-3-5-7-17/h8-14,17H,2-7H2,1H3,(H2,24,25,29). The van der Waals surface area contributed by atoms with Gasteiger partial charge in [0, 0.05) is 17.4 Å². The molecule has 0 spiro atoms. The second-order valence-corrected chi connectivity index (χ2v) is 7.57. The highest BCUT2D eigenvalue weighted by atomic mass is 16.5. The van der Waals surface area contributed by atoms with Crippen molar-refractivity contribution in [3.63, 3.8) is 0 Å². The van der Waals surface area contributed by atoms with Crippen LogP contribution in [0.1, 0.15) is 59.7 Å². The summed E-state index contributed by atoms with van der Waals surface area (Å²) < 4.78 is 5.38. The van der Waals surface area contributed by atoms with E-state index >= 15 is 0 Å². The molecule has 4 amide bonds. The van der Waals surface area contributed by atoms with E-state index in [0.29, 0.717) is 29.1 Å². The smallest absolute Gasteiger partial charge is 0.323 e. The number of anilines is 2. The Labute approximate surface area is 175 Å². The predicted molar refractivity (Wildman–Crippen MR) is 114 cm³/mol. The topological polar surface area (TPSA) is 87.7 Å². The molecule has 2 aliphatic rings. The number of urea groups is 1. The van der Waals surface area contributed by atoms with Crippen molar-refractivity contribution in [3.8, 4) is 5.75 Å². The first-order valence-corrected chi connectivity index (χ1v) is 10.4. The Balaban J connectivity index is 1.43. The molecule has 0 atom stereocenters. The van der Waals surface area contributed by atoms with Gasteiger partial charge in [-0.1, -0.05) is 19.3 Å². The van der Waals surface area contributed by atoms with Crippen molar-refractivity contribution in [2.75, 3.05) is 17.2 Å². The van der Waals surface area contributed by atoms with E-state index in [0.717, 1.165) is 37.9 Å². The van der Waals surface area contributed by atoms with E-state index in [4.69, 9.17) is 4.74 Å². The van der Waals surface area contributed by atoms with Gasteiger partial charge >= 0.3 is 6.03 Å². The minimum absolute atomic E-state index is 0.0227. The van der Waals surface area contributed by atoms with Crippen molar-refractivity contribution in [1.82, 2.24) is 4.90 Å². The van der Waals surface area contributed by atoms with Gasteiger partial charge in [0.2, 0.25) is 0 Å². The quantitative estimate of drug-likeness (QED) is 0.706. The van der Waals surface area contributed by atoms with Crippen LogP contribution < -0.4 is 15.4 Å². The number of fused-ring (bicyclic) bond motifs is 1. The minimum atomic E-state index is -0.431. The number of imide groups is 1. The van der Waals surface area contributed by atoms with Crippen molar-refractivity contribution in [3.05, 3.63) is 53.6 Å². The number of nitrogens with one attached hydrogen (secondary N) is 2. The molecule has 2 aromatic carbocycles. The van der Waals surface area contributed by atoms with E-state index in [1.54, 1.807) is 42.5 Å². The third-order valence-corrected chi connectivity index (χ3v) is 5.54. The molecule has 1 aliphatic carbocycles. The van der Waals surface area contributed by atoms with Gasteiger partial charge in [0.05, 0.1) is 17.7 Å². The molecule has 1 aliphatic heterocycles. The van der Waals surface area contributed by atoms with Gasteiger partial charge in [-0.15, -0.1) is 0 Å². The zero-order chi connectivity index (χ0) is 21.1. The van der Waals surface area contributed by atoms with Crippen LogP contribution in [0.2, 0.25) is 0 Å². The molecule has 7 heteroatoms. The van der Waals surface area contributed by atoms with E-state index < -0.39 is 6.03 Å². The maximum Gasteiger partial charge on any atom is 0.323 e. The van der Waals surface area contributed by atoms with Crippen molar-refractivity contribution >= 4 is 29.2 Å². The second-order valence-electron chi connectivity index (χ2n) is 7.57. The lowest BCUT2D eigenvalue weighted by Gasteiger charge is -2.29. The molecular weight excluding hydrogens is 382 g/mol. The molecule has 0 radical (unpaired) electrons. The summed E-state index contributed by atoms with van der Waals surface area (Å²) >= 11 is 0. The molecule has 2 N–H and O–H groups in total. The summed E-state index contributed by atoms with van der Waals surface area (Å²) in [6, 6.07) is 11.4. The Morgan fingerprint density at radius 2 is 1.57 bits per heavy atom. The summed E-state index contributed by atoms with van der Waals surface area (Å²) in [5.41, 5.74) is 1.84. The Morgan fingerprint density at radius 3 is 2.27 bits per heavy atom. The fourth-order valence-corrected chi connectivity index (χ4v) is 4.10. The molecule has 30 heavy (non-hydrogen) atoms. The highest BCUT2D eigenvalue weighted by molar-refractivity contribution is 6.22. The molecule has 156 valence electrons. The van der Waals surface area contributed by atoms with Crippen molar-refractivity contribution in [1.29, 1.82) is 0 Å². The summed E-state index contributed by atoms with van der Waals surface area (Å²) in [7, 11) is 0. The van der Waals surface area contributed by atoms with Crippen molar-refractivity contribution < 1.29 is 19.1 Å². The Hall–Kier alpha value is -3.35. The maximum atomic E-state index is 12.9. The van der Waals surface area contributed by atoms with Crippen LogP contribution in [-0.4, -0.2) is 35.4 Å². The lowest BCUT2D eigenvalue weighted by atomic mass is 9.94. The summed E-state index contributed by atoms with van der Waals surface area (Å²) in [6.45, 7) is 2.48. The highest BCUT2D eigenvalue weighted by Crippen LogP contribution is 2.32. The molecular formula is C23H25N3O4. The third kappa shape index (κ3) is 4.01. The van der Waals surface area contributed by atoms with Crippen LogP contribution in [0.5, 0.6) is 5.75 Å². The van der Waals surface area contributed by atoms with E-state index in [1.165, 1.54) is 4.90 Å². The average molecular weight is 407 g/mol. The molecule has 1 heterocycles. The summed E-state index contributed by atoms with van der Waals surface area (Å²) in [5.74, 6) is 0.234. The molecule has 0 unspecified atom stereocenters. The summed E-state index contributed by atoms with van der Waals surface area (Å²) in [4.78, 5) is 39.4. The van der Waals surface area contributed by atoms with Gasteiger partial charge in [0.1, 0.15) is 5.75 Å². The molecule has 1 fully saturated rings. The molecule has 0 saturated heterocycles. The molecule has 2 aromatic rings. The van der Waals surface area contributed by atoms with Gasteiger partial charge in [-0.05, 0) is 62.2 Å². The Morgan fingerprint density at radius 1 is 0.933 bits per heavy atom. The summed E-state index contributed by atoms with van der Waals surface area (Å²) in [5, 5.41) is 5.47. The van der Waals surface area contributed by atoms with Gasteiger partial charge in [0.25, 0.3) is 11.8 Å². The molecule has 7 nitrogen and oxygen atoms in total. The Bertz CT molecular complexity index is 965. The normalized spacial score (nSPS) is 16.4. The van der Waals surface area contributed by atoms with Crippen LogP contribution in [0.25, 0.3) is 0 Å². The lowest BCUT2D eigenvalue weighted by molar-refractivity contribution is 0.0549. The molecule has 4 rings (SSSR count). The van der Waals surface area contributed by atoms with Crippen LogP contribution in [0, 0.1) is 0 Å². The molecule has 0 bridgehead atoms. The van der Waals surface area contributed by atoms with E-state index in [1.807, 2.05) is 6.92 Å². The third-order valence-electron chi connectivity index (χ3n) is 5.54. The molecule has 0 aromatic heterocycles. The van der Waals surface area contributed by atoms with Crippen LogP contribution in [-0.2, 0) is 0 Å². The number of hydrogen-bond donors (Lipinski definition) is 2. The lowest BCUT2D eigenvalue weighted by Crippen LogP contribution is -2.40. The monoisotopic (exact) mass is 407 g/mol. The van der Waals surface area contributed by atoms with Gasteiger partial charge in [-0.25, -0.2) is 4.79 Å². The van der Waals surface area contributed by atoms with Crippen molar-refractivity contribution in [2.24, 2.45) is 0 Å². The van der Waals surface area contributed by atoms with E-state index in [-0.39, 0.29) is 17.9 Å². The first-order valence-electron chi connectivity index (χ1n) is 10.4. The minimum Gasteiger partial charge on any atom is -0.494 e. The largest absolute Gasteiger partial charge is 0.494 e. The summed E-state index contributed by atoms with van der Waals surface area (Å²) in [6.07, 6.45) is 4.95. The second kappa shape index (κ2) is 8.57. The van der Waals surface area contributed by atoms with Crippen LogP contribution in [0.3, 0.4) is 0 Å². The zero-order valence-corrected chi connectivity index (χ0v) is 16.9. The maximum absolute atomic E-state index is 12.9. The van der Waals surface area contributed by atoms with E-state index in [9.17, 15) is 14.4 Å². The number of nitrogens with zero attached hydrogens (tertiary/aromatic N) is 1. The van der Waals surface area contributed by atoms with Crippen LogP contribution in [0.15, 0.2) is 42.5 Å². The molecule has 1 saturated carbocycles. The number of carbonyl (C=O) groups is 3. The van der Waals surface area contributed by atoms with Gasteiger partial charge in [-0.2, -0.15) is 0 Å². The highest BCUT2D eigenvalue weighted by Gasteiger charge is 2.40. The number of carbonyl (C=O) groups excluding carboxylic acids is 3. The number of amides is 4. The number of ether oxygens (including phenoxy) is 1. The number of rotatable bonds is 5. The van der Waals surface area contributed by atoms with Gasteiger partial charge in [0.15, 0.2) is 0 Å². The predicted octanol–water partition coefficient (Wildman–Crippen LogP) is 4.66. The number of benzene rings is 2. The van der Waals surface area contributed by atoms with E-state index in [2.05, 4.69) is 10.6 Å². The fourth-order valence-electron chi connectivity index (χ4n) is 4.10. The number of hydrogen-bond acceptors (Lipinski definition) is 4. The zero-order valence-electron chi connectivity index (χ0n) is 16.9. The van der Waals surface area contributed by atoms with Gasteiger partial charge < -0.3 is 15.4 Å². The first-order chi connectivity index (χ1) is 14.6.